The number of hydrogen-bond acceptors (Lipinski definition) is 3. The van der Waals surface area contributed by atoms with Crippen LogP contribution < -0.4 is 0 Å². The van der Waals surface area contributed by atoms with Gasteiger partial charge in [0, 0.05) is 18.2 Å². The molecule has 0 aromatic carbocycles. The smallest absolute Gasteiger partial charge is 0.308 e. The van der Waals surface area contributed by atoms with Crippen LogP contribution in [0.4, 0.5) is 0 Å². The van der Waals surface area contributed by atoms with Crippen molar-refractivity contribution in [3.05, 3.63) is 23.2 Å². The second kappa shape index (κ2) is 5.07. The van der Waals surface area contributed by atoms with Gasteiger partial charge >= 0.3 is 5.97 Å². The highest BCUT2D eigenvalue weighted by Gasteiger charge is 2.36. The molecule has 0 spiro atoms. The highest BCUT2D eigenvalue weighted by molar-refractivity contribution is 5.93. The van der Waals surface area contributed by atoms with E-state index in [4.69, 9.17) is 9.52 Å². The molecule has 104 valence electrons. The molecule has 1 aromatic heterocycles. The SMILES string of the molecule is Cc1cc(C)c(C(=O)N(CC(C)C(=O)O)C2CC2)o1. The predicted octanol–water partition coefficient (Wildman–Crippen LogP) is 2.22. The first-order valence-electron chi connectivity index (χ1n) is 6.51. The van der Waals surface area contributed by atoms with Crippen LogP contribution in [0, 0.1) is 19.8 Å². The molecule has 5 nitrogen and oxygen atoms in total. The topological polar surface area (TPSA) is 70.8 Å². The van der Waals surface area contributed by atoms with Crippen molar-refractivity contribution in [1.82, 2.24) is 4.90 Å². The number of nitrogens with zero attached hydrogens (tertiary/aromatic N) is 1. The molecule has 1 aliphatic rings. The van der Waals surface area contributed by atoms with Crippen LogP contribution in [0.2, 0.25) is 0 Å². The third kappa shape index (κ3) is 2.97. The van der Waals surface area contributed by atoms with Crippen molar-refractivity contribution in [3.8, 4) is 0 Å². The summed E-state index contributed by atoms with van der Waals surface area (Å²) in [6, 6.07) is 1.98. The Morgan fingerprint density at radius 2 is 2.11 bits per heavy atom. The van der Waals surface area contributed by atoms with E-state index in [1.165, 1.54) is 0 Å². The lowest BCUT2D eigenvalue weighted by Crippen LogP contribution is -2.38. The van der Waals surface area contributed by atoms with Gasteiger partial charge in [0.1, 0.15) is 5.76 Å². The quantitative estimate of drug-likeness (QED) is 0.886. The zero-order chi connectivity index (χ0) is 14.2. The van der Waals surface area contributed by atoms with Crippen LogP contribution in [0.25, 0.3) is 0 Å². The number of furan rings is 1. The van der Waals surface area contributed by atoms with Crippen LogP contribution in [0.3, 0.4) is 0 Å². The molecule has 2 rings (SSSR count). The van der Waals surface area contributed by atoms with Gasteiger partial charge in [-0.2, -0.15) is 0 Å². The van der Waals surface area contributed by atoms with Crippen LogP contribution >= 0.6 is 0 Å². The van der Waals surface area contributed by atoms with Crippen LogP contribution in [0.15, 0.2) is 10.5 Å². The van der Waals surface area contributed by atoms with Crippen LogP contribution in [0.1, 0.15) is 41.6 Å². The molecule has 1 heterocycles. The molecule has 1 atom stereocenters. The number of amides is 1. The van der Waals surface area contributed by atoms with Crippen LogP contribution in [-0.4, -0.2) is 34.5 Å². The first-order chi connectivity index (χ1) is 8.90. The Labute approximate surface area is 112 Å². The van der Waals surface area contributed by atoms with Gasteiger partial charge in [-0.15, -0.1) is 0 Å². The van der Waals surface area contributed by atoms with Gasteiger partial charge in [-0.25, -0.2) is 0 Å². The summed E-state index contributed by atoms with van der Waals surface area (Å²) in [7, 11) is 0. The molecule has 1 aromatic rings. The van der Waals surface area contributed by atoms with E-state index in [9.17, 15) is 9.59 Å². The number of carboxylic acids is 1. The number of carbonyl (C=O) groups is 2. The zero-order valence-corrected chi connectivity index (χ0v) is 11.5. The monoisotopic (exact) mass is 265 g/mol. The molecule has 1 saturated carbocycles. The fourth-order valence-corrected chi connectivity index (χ4v) is 2.14. The molecule has 1 unspecified atom stereocenters. The Morgan fingerprint density at radius 1 is 1.47 bits per heavy atom. The maximum atomic E-state index is 12.5. The van der Waals surface area contributed by atoms with Gasteiger partial charge in [0.15, 0.2) is 5.76 Å². The van der Waals surface area contributed by atoms with Crippen molar-refractivity contribution in [3.63, 3.8) is 0 Å². The van der Waals surface area contributed by atoms with Crippen LogP contribution in [-0.2, 0) is 4.79 Å². The van der Waals surface area contributed by atoms with Gasteiger partial charge in [-0.3, -0.25) is 9.59 Å². The molecule has 5 heteroatoms. The largest absolute Gasteiger partial charge is 0.481 e. The van der Waals surface area contributed by atoms with E-state index >= 15 is 0 Å². The normalized spacial score (nSPS) is 16.2. The molecule has 1 aliphatic carbocycles. The maximum Gasteiger partial charge on any atom is 0.308 e. The Bertz CT molecular complexity index is 502. The molecule has 19 heavy (non-hydrogen) atoms. The molecule has 0 saturated heterocycles. The fourth-order valence-electron chi connectivity index (χ4n) is 2.14. The second-order valence-electron chi connectivity index (χ2n) is 5.30. The van der Waals surface area contributed by atoms with E-state index in [0.29, 0.717) is 11.5 Å². The molecule has 1 fully saturated rings. The van der Waals surface area contributed by atoms with E-state index in [1.807, 2.05) is 13.0 Å². The highest BCUT2D eigenvalue weighted by Crippen LogP contribution is 2.30. The predicted molar refractivity (Wildman–Crippen MR) is 69.0 cm³/mol. The third-order valence-electron chi connectivity index (χ3n) is 3.38. The summed E-state index contributed by atoms with van der Waals surface area (Å²) in [6.45, 7) is 5.48. The number of aliphatic carboxylic acids is 1. The Morgan fingerprint density at radius 3 is 2.53 bits per heavy atom. The van der Waals surface area contributed by atoms with Crippen molar-refractivity contribution in [1.29, 1.82) is 0 Å². The van der Waals surface area contributed by atoms with Gasteiger partial charge in [0.25, 0.3) is 5.91 Å². The van der Waals surface area contributed by atoms with Gasteiger partial charge in [0.2, 0.25) is 0 Å². The molecular formula is C14H19NO4. The summed E-state index contributed by atoms with van der Waals surface area (Å²) in [5.41, 5.74) is 0.802. The van der Waals surface area contributed by atoms with Crippen molar-refractivity contribution in [2.24, 2.45) is 5.92 Å². The van der Waals surface area contributed by atoms with Crippen molar-refractivity contribution in [2.45, 2.75) is 39.7 Å². The van der Waals surface area contributed by atoms with E-state index in [1.54, 1.807) is 18.7 Å². The lowest BCUT2D eigenvalue weighted by atomic mass is 10.1. The van der Waals surface area contributed by atoms with Gasteiger partial charge < -0.3 is 14.4 Å². The van der Waals surface area contributed by atoms with E-state index in [0.717, 1.165) is 18.4 Å². The number of aryl methyl sites for hydroxylation is 2. The minimum atomic E-state index is -0.884. The standard InChI is InChI=1S/C14H19NO4/c1-8-6-10(3)19-12(8)13(16)15(11-4-5-11)7-9(2)14(17)18/h6,9,11H,4-5,7H2,1-3H3,(H,17,18). The number of carbonyl (C=O) groups excluding carboxylic acids is 1. The highest BCUT2D eigenvalue weighted by atomic mass is 16.4. The van der Waals surface area contributed by atoms with Crippen LogP contribution in [0.5, 0.6) is 0 Å². The first kappa shape index (κ1) is 13.6. The number of carboxylic acid groups (broad SMARTS) is 1. The molecule has 1 N–H and O–H groups in total. The zero-order valence-electron chi connectivity index (χ0n) is 11.5. The molecule has 1 amide bonds. The van der Waals surface area contributed by atoms with E-state index in [-0.39, 0.29) is 18.5 Å². The van der Waals surface area contributed by atoms with E-state index in [2.05, 4.69) is 0 Å². The summed E-state index contributed by atoms with van der Waals surface area (Å²) in [4.78, 5) is 25.0. The summed E-state index contributed by atoms with van der Waals surface area (Å²) < 4.78 is 5.44. The average molecular weight is 265 g/mol. The maximum absolute atomic E-state index is 12.5. The first-order valence-corrected chi connectivity index (χ1v) is 6.51. The van der Waals surface area contributed by atoms with Gasteiger partial charge in [-0.05, 0) is 32.8 Å². The lowest BCUT2D eigenvalue weighted by molar-refractivity contribution is -0.141. The fraction of sp³-hybridized carbons (Fsp3) is 0.571. The van der Waals surface area contributed by atoms with E-state index < -0.39 is 11.9 Å². The molecule has 0 aliphatic heterocycles. The molecular weight excluding hydrogens is 246 g/mol. The average Bonchev–Trinajstić information content (AvgIpc) is 3.10. The number of rotatable bonds is 5. The Kier molecular flexibility index (Phi) is 3.64. The van der Waals surface area contributed by atoms with Gasteiger partial charge in [0.05, 0.1) is 5.92 Å². The minimum absolute atomic E-state index is 0.166. The Balaban J connectivity index is 2.17. The molecule has 0 radical (unpaired) electrons. The summed E-state index contributed by atoms with van der Waals surface area (Å²) in [5, 5.41) is 8.98. The summed E-state index contributed by atoms with van der Waals surface area (Å²) >= 11 is 0. The van der Waals surface area contributed by atoms with Crippen molar-refractivity contribution in [2.75, 3.05) is 6.54 Å². The number of hydrogen-bond donors (Lipinski definition) is 1. The third-order valence-corrected chi connectivity index (χ3v) is 3.38. The van der Waals surface area contributed by atoms with Crippen molar-refractivity contribution < 1.29 is 19.1 Å². The second-order valence-corrected chi connectivity index (χ2v) is 5.30. The summed E-state index contributed by atoms with van der Waals surface area (Å²) in [6.07, 6.45) is 1.88. The van der Waals surface area contributed by atoms with Crippen molar-refractivity contribution >= 4 is 11.9 Å². The minimum Gasteiger partial charge on any atom is -0.481 e. The lowest BCUT2D eigenvalue weighted by Gasteiger charge is -2.23. The summed E-state index contributed by atoms with van der Waals surface area (Å²) in [5.74, 6) is -0.613. The van der Waals surface area contributed by atoms with Gasteiger partial charge in [-0.1, -0.05) is 6.92 Å². The molecule has 0 bridgehead atoms. The Hall–Kier alpha value is -1.78.